The van der Waals surface area contributed by atoms with Crippen LogP contribution in [0.5, 0.6) is 0 Å². The highest BCUT2D eigenvalue weighted by molar-refractivity contribution is 5.95. The summed E-state index contributed by atoms with van der Waals surface area (Å²) in [4.78, 5) is 20.3. The molecular formula is C13H21N5O2. The van der Waals surface area contributed by atoms with Crippen LogP contribution in [0.4, 0.5) is 5.82 Å². The van der Waals surface area contributed by atoms with E-state index in [1.807, 2.05) is 19.0 Å². The fourth-order valence-electron chi connectivity index (χ4n) is 2.54. The van der Waals surface area contributed by atoms with Gasteiger partial charge in [0.2, 0.25) is 0 Å². The van der Waals surface area contributed by atoms with Crippen LogP contribution in [-0.4, -0.2) is 65.1 Å². The molecule has 2 rings (SSSR count). The van der Waals surface area contributed by atoms with E-state index in [0.717, 1.165) is 6.54 Å². The molecule has 0 aliphatic carbocycles. The fourth-order valence-corrected chi connectivity index (χ4v) is 2.54. The minimum Gasteiger partial charge on any atom is -0.391 e. The number of β-amino-alcohol motifs (C(OH)–C–C–N with tert-alkyl or cyclic N) is 1. The molecule has 2 heterocycles. The van der Waals surface area contributed by atoms with Crippen molar-refractivity contribution in [3.8, 4) is 0 Å². The fraction of sp³-hybridized carbons (Fsp3) is 0.538. The highest BCUT2D eigenvalue weighted by atomic mass is 16.3. The number of aliphatic hydroxyl groups excluding tert-OH is 1. The normalized spacial score (nSPS) is 22.4. The summed E-state index contributed by atoms with van der Waals surface area (Å²) in [5.41, 5.74) is 2.94. The predicted octanol–water partition coefficient (Wildman–Crippen LogP) is -0.496. The highest BCUT2D eigenvalue weighted by Crippen LogP contribution is 2.21. The second kappa shape index (κ2) is 6.17. The average molecular weight is 279 g/mol. The predicted molar refractivity (Wildman–Crippen MR) is 76.0 cm³/mol. The van der Waals surface area contributed by atoms with Crippen LogP contribution in [0.1, 0.15) is 16.8 Å². The lowest BCUT2D eigenvalue weighted by atomic mass is 10.1. The zero-order valence-electron chi connectivity index (χ0n) is 11.8. The molecule has 110 valence electrons. The van der Waals surface area contributed by atoms with Gasteiger partial charge in [-0.3, -0.25) is 4.79 Å². The number of likely N-dealkylation sites (tertiary alicyclic amines) is 1. The number of aliphatic hydroxyl groups is 1. The molecule has 1 saturated heterocycles. The molecule has 1 aromatic heterocycles. The van der Waals surface area contributed by atoms with Gasteiger partial charge in [0.25, 0.3) is 5.91 Å². The lowest BCUT2D eigenvalue weighted by Crippen LogP contribution is -2.41. The van der Waals surface area contributed by atoms with Crippen molar-refractivity contribution in [3.05, 3.63) is 23.9 Å². The van der Waals surface area contributed by atoms with Gasteiger partial charge in [-0.05, 0) is 32.6 Å². The molecule has 1 fully saturated rings. The second-order valence-electron chi connectivity index (χ2n) is 5.34. The molecule has 7 heteroatoms. The number of rotatable bonds is 4. The monoisotopic (exact) mass is 279 g/mol. The summed E-state index contributed by atoms with van der Waals surface area (Å²) >= 11 is 0. The molecule has 0 bridgehead atoms. The SMILES string of the molecule is CN(C)CC1CC(O)CN1C(=O)c1ccnc(NN)c1. The van der Waals surface area contributed by atoms with Crippen molar-refractivity contribution in [2.45, 2.75) is 18.6 Å². The highest BCUT2D eigenvalue weighted by Gasteiger charge is 2.34. The Labute approximate surface area is 118 Å². The first kappa shape index (κ1) is 14.7. The van der Waals surface area contributed by atoms with Crippen LogP contribution < -0.4 is 11.3 Å². The van der Waals surface area contributed by atoms with E-state index in [1.54, 1.807) is 17.0 Å². The third kappa shape index (κ3) is 3.24. The Balaban J connectivity index is 2.17. The first-order chi connectivity index (χ1) is 9.51. The van der Waals surface area contributed by atoms with Crippen LogP contribution in [0.2, 0.25) is 0 Å². The summed E-state index contributed by atoms with van der Waals surface area (Å²) in [6.07, 6.45) is 1.69. The van der Waals surface area contributed by atoms with Gasteiger partial charge in [-0.2, -0.15) is 0 Å². The number of nitrogen functional groups attached to an aromatic ring is 1. The van der Waals surface area contributed by atoms with Crippen LogP contribution in [0, 0.1) is 0 Å². The molecule has 0 radical (unpaired) electrons. The van der Waals surface area contributed by atoms with Gasteiger partial charge in [0.15, 0.2) is 0 Å². The zero-order valence-corrected chi connectivity index (χ0v) is 11.8. The number of anilines is 1. The van der Waals surface area contributed by atoms with E-state index in [1.165, 1.54) is 6.20 Å². The summed E-state index contributed by atoms with van der Waals surface area (Å²) in [5.74, 6) is 5.64. The number of carbonyl (C=O) groups excluding carboxylic acids is 1. The van der Waals surface area contributed by atoms with Crippen LogP contribution in [0.25, 0.3) is 0 Å². The van der Waals surface area contributed by atoms with Gasteiger partial charge in [0.05, 0.1) is 6.10 Å². The Morgan fingerprint density at radius 2 is 2.40 bits per heavy atom. The van der Waals surface area contributed by atoms with Gasteiger partial charge >= 0.3 is 0 Å². The van der Waals surface area contributed by atoms with Crippen molar-refractivity contribution in [2.24, 2.45) is 5.84 Å². The molecule has 0 aromatic carbocycles. The van der Waals surface area contributed by atoms with Crippen molar-refractivity contribution in [1.82, 2.24) is 14.8 Å². The van der Waals surface area contributed by atoms with Crippen molar-refractivity contribution in [3.63, 3.8) is 0 Å². The molecule has 20 heavy (non-hydrogen) atoms. The molecule has 0 spiro atoms. The average Bonchev–Trinajstić information content (AvgIpc) is 2.78. The number of amides is 1. The first-order valence-electron chi connectivity index (χ1n) is 6.57. The van der Waals surface area contributed by atoms with Crippen LogP contribution in [0.15, 0.2) is 18.3 Å². The number of hydrogen-bond donors (Lipinski definition) is 3. The molecule has 2 unspecified atom stereocenters. The van der Waals surface area contributed by atoms with Crippen molar-refractivity contribution < 1.29 is 9.90 Å². The van der Waals surface area contributed by atoms with E-state index < -0.39 is 6.10 Å². The molecule has 1 aliphatic heterocycles. The Morgan fingerprint density at radius 1 is 1.65 bits per heavy atom. The number of nitrogens with one attached hydrogen (secondary N) is 1. The van der Waals surface area contributed by atoms with Crippen LogP contribution in [-0.2, 0) is 0 Å². The number of hydrogen-bond acceptors (Lipinski definition) is 6. The van der Waals surface area contributed by atoms with Crippen molar-refractivity contribution >= 4 is 11.7 Å². The maximum absolute atomic E-state index is 12.6. The molecule has 1 aliphatic rings. The van der Waals surface area contributed by atoms with Gasteiger partial charge in [-0.1, -0.05) is 0 Å². The largest absolute Gasteiger partial charge is 0.391 e. The van der Waals surface area contributed by atoms with Gasteiger partial charge in [-0.25, -0.2) is 10.8 Å². The van der Waals surface area contributed by atoms with E-state index in [0.29, 0.717) is 24.3 Å². The number of nitrogens with two attached hydrogens (primary N) is 1. The lowest BCUT2D eigenvalue weighted by molar-refractivity contribution is 0.0699. The third-order valence-corrected chi connectivity index (χ3v) is 3.38. The molecule has 1 aromatic rings. The number of likely N-dealkylation sites (N-methyl/N-ethyl adjacent to an activating group) is 1. The maximum atomic E-state index is 12.6. The summed E-state index contributed by atoms with van der Waals surface area (Å²) in [6, 6.07) is 3.29. The Morgan fingerprint density at radius 3 is 3.05 bits per heavy atom. The second-order valence-corrected chi connectivity index (χ2v) is 5.34. The van der Waals surface area contributed by atoms with Gasteiger partial charge < -0.3 is 20.3 Å². The zero-order chi connectivity index (χ0) is 14.7. The summed E-state index contributed by atoms with van der Waals surface area (Å²) in [7, 11) is 3.91. The Bertz CT molecular complexity index is 480. The number of aromatic nitrogens is 1. The Kier molecular flexibility index (Phi) is 4.53. The molecule has 1 amide bonds. The summed E-state index contributed by atoms with van der Waals surface area (Å²) in [6.45, 7) is 1.10. The number of nitrogens with zero attached hydrogens (tertiary/aromatic N) is 3. The minimum atomic E-state index is -0.460. The van der Waals surface area contributed by atoms with E-state index in [-0.39, 0.29) is 11.9 Å². The van der Waals surface area contributed by atoms with E-state index in [9.17, 15) is 9.90 Å². The lowest BCUT2D eigenvalue weighted by Gasteiger charge is -2.27. The minimum absolute atomic E-state index is 0.0231. The van der Waals surface area contributed by atoms with E-state index in [4.69, 9.17) is 5.84 Å². The van der Waals surface area contributed by atoms with Crippen molar-refractivity contribution in [2.75, 3.05) is 32.6 Å². The number of pyridine rings is 1. The Hall–Kier alpha value is -1.70. The van der Waals surface area contributed by atoms with Crippen LogP contribution in [0.3, 0.4) is 0 Å². The molecule has 2 atom stereocenters. The van der Waals surface area contributed by atoms with Gasteiger partial charge in [0.1, 0.15) is 5.82 Å². The smallest absolute Gasteiger partial charge is 0.254 e. The molecule has 7 nitrogen and oxygen atoms in total. The van der Waals surface area contributed by atoms with Gasteiger partial charge in [0, 0.05) is 30.9 Å². The maximum Gasteiger partial charge on any atom is 0.254 e. The van der Waals surface area contributed by atoms with Gasteiger partial charge in [-0.15, -0.1) is 0 Å². The van der Waals surface area contributed by atoms with Crippen LogP contribution >= 0.6 is 0 Å². The van der Waals surface area contributed by atoms with E-state index in [2.05, 4.69) is 10.4 Å². The summed E-state index contributed by atoms with van der Waals surface area (Å²) in [5, 5.41) is 9.82. The first-order valence-corrected chi connectivity index (χ1v) is 6.57. The number of hydrazine groups is 1. The molecular weight excluding hydrogens is 258 g/mol. The standard InChI is InChI=1S/C13H21N5O2/c1-17(2)7-10-6-11(19)8-18(10)13(20)9-3-4-15-12(5-9)16-14/h3-5,10-11,19H,6-8,14H2,1-2H3,(H,15,16). The topological polar surface area (TPSA) is 94.7 Å². The quantitative estimate of drug-likeness (QED) is 0.508. The summed E-state index contributed by atoms with van der Waals surface area (Å²) < 4.78 is 0. The number of carbonyl (C=O) groups is 1. The molecule has 0 saturated carbocycles. The van der Waals surface area contributed by atoms with E-state index >= 15 is 0 Å². The molecule has 4 N–H and O–H groups in total. The third-order valence-electron chi connectivity index (χ3n) is 3.38. The van der Waals surface area contributed by atoms with Crippen molar-refractivity contribution in [1.29, 1.82) is 0 Å².